The van der Waals surface area contributed by atoms with Crippen LogP contribution in [-0.2, 0) is 17.9 Å². The van der Waals surface area contributed by atoms with Crippen molar-refractivity contribution in [2.45, 2.75) is 65.1 Å². The van der Waals surface area contributed by atoms with Crippen LogP contribution in [0.5, 0.6) is 0 Å². The van der Waals surface area contributed by atoms with Crippen LogP contribution < -0.4 is 5.32 Å². The molecule has 2 fully saturated rings. The summed E-state index contributed by atoms with van der Waals surface area (Å²) < 4.78 is 2.41. The molecule has 2 heterocycles. The number of benzene rings is 1. The lowest BCUT2D eigenvalue weighted by Gasteiger charge is -2.27. The summed E-state index contributed by atoms with van der Waals surface area (Å²) in [6.45, 7) is 8.23. The standard InChI is InChI=1S/C25H33N3O/c1-19-16-21(20(2)28(19)24-11-12-24)10-13-25(29)26-17-22-8-4-5-9-23(22)18-27-14-6-3-7-15-27/h4-5,8-10,13,16,24H,3,6-7,11-12,14-15,17-18H2,1-2H3,(H,26,29)/b13-10+. The molecule has 4 rings (SSSR count). The largest absolute Gasteiger partial charge is 0.348 e. The molecule has 0 spiro atoms. The second-order valence-corrected chi connectivity index (χ2v) is 8.58. The molecule has 29 heavy (non-hydrogen) atoms. The van der Waals surface area contributed by atoms with Crippen molar-refractivity contribution in [2.75, 3.05) is 13.1 Å². The Morgan fingerprint density at radius 2 is 1.83 bits per heavy atom. The lowest BCUT2D eigenvalue weighted by molar-refractivity contribution is -0.116. The number of rotatable bonds is 7. The van der Waals surface area contributed by atoms with E-state index in [0.717, 1.165) is 12.1 Å². The minimum atomic E-state index is -0.0333. The average molecular weight is 392 g/mol. The highest BCUT2D eigenvalue weighted by molar-refractivity contribution is 5.91. The summed E-state index contributed by atoms with van der Waals surface area (Å²) in [6, 6.07) is 11.3. The quantitative estimate of drug-likeness (QED) is 0.691. The van der Waals surface area contributed by atoms with E-state index in [0.29, 0.717) is 12.6 Å². The van der Waals surface area contributed by atoms with Crippen molar-refractivity contribution < 1.29 is 4.79 Å². The maximum Gasteiger partial charge on any atom is 0.244 e. The van der Waals surface area contributed by atoms with Crippen LogP contribution >= 0.6 is 0 Å². The summed E-state index contributed by atoms with van der Waals surface area (Å²) in [5.41, 5.74) is 6.24. The fourth-order valence-corrected chi connectivity index (χ4v) is 4.52. The van der Waals surface area contributed by atoms with E-state index in [2.05, 4.69) is 59.0 Å². The number of carbonyl (C=O) groups is 1. The van der Waals surface area contributed by atoms with Gasteiger partial charge in [-0.05, 0) is 81.5 Å². The third-order valence-electron chi connectivity index (χ3n) is 6.26. The summed E-state index contributed by atoms with van der Waals surface area (Å²) in [5, 5.41) is 3.07. The SMILES string of the molecule is Cc1cc(/C=C/C(=O)NCc2ccccc2CN2CCCCC2)c(C)n1C1CC1. The molecule has 4 heteroatoms. The van der Waals surface area contributed by atoms with Crippen LogP contribution in [0.4, 0.5) is 0 Å². The van der Waals surface area contributed by atoms with Gasteiger partial charge in [0.05, 0.1) is 0 Å². The molecular weight excluding hydrogens is 358 g/mol. The minimum Gasteiger partial charge on any atom is -0.348 e. The summed E-state index contributed by atoms with van der Waals surface area (Å²) in [5.74, 6) is -0.0333. The molecule has 1 aliphatic heterocycles. The lowest BCUT2D eigenvalue weighted by Crippen LogP contribution is -2.30. The molecule has 2 aromatic rings. The zero-order chi connectivity index (χ0) is 20.2. The molecule has 154 valence electrons. The van der Waals surface area contributed by atoms with Crippen molar-refractivity contribution in [1.29, 1.82) is 0 Å². The number of nitrogens with zero attached hydrogens (tertiary/aromatic N) is 2. The van der Waals surface area contributed by atoms with Crippen molar-refractivity contribution in [3.05, 3.63) is 64.5 Å². The zero-order valence-corrected chi connectivity index (χ0v) is 17.8. The van der Waals surface area contributed by atoms with Gasteiger partial charge in [0.2, 0.25) is 5.91 Å². The van der Waals surface area contributed by atoms with E-state index in [1.807, 2.05) is 6.08 Å². The highest BCUT2D eigenvalue weighted by Crippen LogP contribution is 2.38. The second-order valence-electron chi connectivity index (χ2n) is 8.58. The van der Waals surface area contributed by atoms with E-state index < -0.39 is 0 Å². The number of nitrogens with one attached hydrogen (secondary N) is 1. The van der Waals surface area contributed by atoms with Gasteiger partial charge in [-0.25, -0.2) is 0 Å². The number of hydrogen-bond donors (Lipinski definition) is 1. The predicted molar refractivity (Wildman–Crippen MR) is 119 cm³/mol. The molecule has 1 saturated heterocycles. The van der Waals surface area contributed by atoms with E-state index in [9.17, 15) is 4.79 Å². The molecule has 1 saturated carbocycles. The third kappa shape index (κ3) is 4.99. The van der Waals surface area contributed by atoms with Crippen LogP contribution in [0.3, 0.4) is 0 Å². The molecule has 1 aromatic carbocycles. The Morgan fingerprint density at radius 1 is 1.10 bits per heavy atom. The Labute approximate surface area is 174 Å². The first-order valence-corrected chi connectivity index (χ1v) is 11.1. The van der Waals surface area contributed by atoms with E-state index in [1.54, 1.807) is 6.08 Å². The summed E-state index contributed by atoms with van der Waals surface area (Å²) >= 11 is 0. The van der Waals surface area contributed by atoms with Gasteiger partial charge in [-0.2, -0.15) is 0 Å². The van der Waals surface area contributed by atoms with E-state index in [4.69, 9.17) is 0 Å². The smallest absolute Gasteiger partial charge is 0.244 e. The molecule has 0 bridgehead atoms. The number of piperidine rings is 1. The van der Waals surface area contributed by atoms with Crippen molar-refractivity contribution in [3.8, 4) is 0 Å². The Kier molecular flexibility index (Phi) is 6.19. The monoisotopic (exact) mass is 391 g/mol. The Morgan fingerprint density at radius 3 is 2.55 bits per heavy atom. The minimum absolute atomic E-state index is 0.0333. The van der Waals surface area contributed by atoms with Gasteiger partial charge in [0, 0.05) is 36.6 Å². The fourth-order valence-electron chi connectivity index (χ4n) is 4.52. The molecule has 0 unspecified atom stereocenters. The number of aryl methyl sites for hydroxylation is 1. The number of carbonyl (C=O) groups excluding carboxylic acids is 1. The maximum absolute atomic E-state index is 12.4. The second kappa shape index (κ2) is 9.00. The van der Waals surface area contributed by atoms with Gasteiger partial charge in [-0.3, -0.25) is 9.69 Å². The van der Waals surface area contributed by atoms with Gasteiger partial charge in [0.15, 0.2) is 0 Å². The van der Waals surface area contributed by atoms with Gasteiger partial charge in [0.1, 0.15) is 0 Å². The lowest BCUT2D eigenvalue weighted by atomic mass is 10.0. The Hall–Kier alpha value is -2.33. The predicted octanol–water partition coefficient (Wildman–Crippen LogP) is 4.76. The topological polar surface area (TPSA) is 37.3 Å². The number of likely N-dealkylation sites (tertiary alicyclic amines) is 1. The van der Waals surface area contributed by atoms with Crippen LogP contribution in [0.2, 0.25) is 0 Å². The molecule has 4 nitrogen and oxygen atoms in total. The maximum atomic E-state index is 12.4. The first-order chi connectivity index (χ1) is 14.1. The van der Waals surface area contributed by atoms with Crippen molar-refractivity contribution in [2.24, 2.45) is 0 Å². The highest BCUT2D eigenvalue weighted by atomic mass is 16.1. The molecule has 1 aliphatic carbocycles. The Bertz CT molecular complexity index is 885. The van der Waals surface area contributed by atoms with Crippen molar-refractivity contribution >= 4 is 12.0 Å². The number of hydrogen-bond acceptors (Lipinski definition) is 2. The highest BCUT2D eigenvalue weighted by Gasteiger charge is 2.26. The zero-order valence-electron chi connectivity index (χ0n) is 17.8. The van der Waals surface area contributed by atoms with E-state index >= 15 is 0 Å². The molecular formula is C25H33N3O. The summed E-state index contributed by atoms with van der Waals surface area (Å²) in [6.07, 6.45) is 10.1. The van der Waals surface area contributed by atoms with E-state index in [-0.39, 0.29) is 5.91 Å². The van der Waals surface area contributed by atoms with Crippen molar-refractivity contribution in [3.63, 3.8) is 0 Å². The third-order valence-corrected chi connectivity index (χ3v) is 6.26. The molecule has 1 aromatic heterocycles. The molecule has 1 amide bonds. The van der Waals surface area contributed by atoms with Crippen LogP contribution in [0.15, 0.2) is 36.4 Å². The molecule has 0 radical (unpaired) electrons. The Balaban J connectivity index is 1.35. The number of aromatic nitrogens is 1. The average Bonchev–Trinajstić information content (AvgIpc) is 3.52. The molecule has 2 aliphatic rings. The normalized spacial score (nSPS) is 17.7. The van der Waals surface area contributed by atoms with Crippen molar-refractivity contribution in [1.82, 2.24) is 14.8 Å². The van der Waals surface area contributed by atoms with E-state index in [1.165, 1.54) is 67.7 Å². The first kappa shape index (κ1) is 20.0. The summed E-state index contributed by atoms with van der Waals surface area (Å²) in [4.78, 5) is 15.0. The summed E-state index contributed by atoms with van der Waals surface area (Å²) in [7, 11) is 0. The van der Waals surface area contributed by atoms with Crippen LogP contribution in [-0.4, -0.2) is 28.5 Å². The van der Waals surface area contributed by atoms with Gasteiger partial charge < -0.3 is 9.88 Å². The van der Waals surface area contributed by atoms with Crippen LogP contribution in [0.1, 0.15) is 66.2 Å². The number of amides is 1. The van der Waals surface area contributed by atoms with Gasteiger partial charge in [-0.15, -0.1) is 0 Å². The molecule has 1 N–H and O–H groups in total. The van der Waals surface area contributed by atoms with Crippen LogP contribution in [0, 0.1) is 13.8 Å². The van der Waals surface area contributed by atoms with Gasteiger partial charge in [0.25, 0.3) is 0 Å². The van der Waals surface area contributed by atoms with Gasteiger partial charge >= 0.3 is 0 Å². The van der Waals surface area contributed by atoms with Gasteiger partial charge in [-0.1, -0.05) is 30.7 Å². The van der Waals surface area contributed by atoms with Crippen LogP contribution in [0.25, 0.3) is 6.08 Å². The molecule has 0 atom stereocenters. The fraction of sp³-hybridized carbons (Fsp3) is 0.480. The first-order valence-electron chi connectivity index (χ1n) is 11.1.